The van der Waals surface area contributed by atoms with Crippen LogP contribution in [0.25, 0.3) is 39.6 Å². The maximum atomic E-state index is 14.1. The highest BCUT2D eigenvalue weighted by molar-refractivity contribution is 6.42. The van der Waals surface area contributed by atoms with E-state index in [0.717, 1.165) is 10.8 Å². The van der Waals surface area contributed by atoms with Gasteiger partial charge in [0.2, 0.25) is 11.7 Å². The summed E-state index contributed by atoms with van der Waals surface area (Å²) in [6, 6.07) is 11.6. The molecule has 0 radical (unpaired) electrons. The van der Waals surface area contributed by atoms with Gasteiger partial charge in [0, 0.05) is 17.2 Å². The summed E-state index contributed by atoms with van der Waals surface area (Å²) in [4.78, 5) is 29.4. The van der Waals surface area contributed by atoms with Crippen LogP contribution in [0.1, 0.15) is 26.5 Å². The third-order valence-electron chi connectivity index (χ3n) is 5.68. The molecule has 6 rings (SSSR count). The highest BCUT2D eigenvalue weighted by Crippen LogP contribution is 2.35. The number of Topliss-reactive ketones (excluding diaryl/α,β-unsaturated/α-hetero) is 2. The first-order valence-electron chi connectivity index (χ1n) is 10.0. The average Bonchev–Trinajstić information content (AvgIpc) is 3.48. The maximum absolute atomic E-state index is 14.1. The lowest BCUT2D eigenvalue weighted by atomic mass is 10.0. The van der Waals surface area contributed by atoms with Crippen LogP contribution in [0.3, 0.4) is 0 Å². The quantitative estimate of drug-likeness (QED) is 0.0960. The van der Waals surface area contributed by atoms with Crippen LogP contribution in [-0.4, -0.2) is 16.6 Å². The van der Waals surface area contributed by atoms with Crippen molar-refractivity contribution in [1.29, 1.82) is 0 Å². The predicted octanol–water partition coefficient (Wildman–Crippen LogP) is 6.40. The Labute approximate surface area is 191 Å². The number of allylic oxidation sites excluding steroid dienone is 1. The van der Waals surface area contributed by atoms with Gasteiger partial charge in [-0.3, -0.25) is 9.59 Å². The summed E-state index contributed by atoms with van der Waals surface area (Å²) in [6.07, 6.45) is 1.17. The molecule has 0 N–H and O–H groups in total. The Kier molecular flexibility index (Phi) is 4.31. The van der Waals surface area contributed by atoms with E-state index in [1.165, 1.54) is 12.1 Å². The maximum Gasteiger partial charge on any atom is 0.266 e. The van der Waals surface area contributed by atoms with Crippen LogP contribution in [0.2, 0.25) is 0 Å². The lowest BCUT2D eigenvalue weighted by Gasteiger charge is -2.04. The van der Waals surface area contributed by atoms with Gasteiger partial charge in [-0.15, -0.1) is 0 Å². The van der Waals surface area contributed by atoms with E-state index in [0.29, 0.717) is 0 Å². The van der Waals surface area contributed by atoms with Gasteiger partial charge in [0.25, 0.3) is 5.71 Å². The fraction of sp³-hybridized carbons (Fsp3) is 0. The summed E-state index contributed by atoms with van der Waals surface area (Å²) in [5.74, 6) is -12.8. The summed E-state index contributed by atoms with van der Waals surface area (Å²) < 4.78 is 78.9. The molecule has 5 aromatic rings. The summed E-state index contributed by atoms with van der Waals surface area (Å²) in [6.45, 7) is 0. The molecule has 0 bridgehead atoms. The van der Waals surface area contributed by atoms with Gasteiger partial charge in [-0.25, -0.2) is 22.0 Å². The summed E-state index contributed by atoms with van der Waals surface area (Å²) in [5.41, 5.74) is -1.58. The van der Waals surface area contributed by atoms with Crippen LogP contribution < -0.4 is 0 Å². The Morgan fingerprint density at radius 3 is 1.80 bits per heavy atom. The molecule has 3 aromatic carbocycles. The topological polar surface area (TPSA) is 73.3 Å². The SMILES string of the molecule is O=C1C(=Cc2cc3oc(-c4c(F)c(F)c(F)c(F)c4F)nc3o2)C(=O)c2cc3ccccc3cc21. The van der Waals surface area contributed by atoms with Crippen molar-refractivity contribution in [3.05, 3.63) is 94.0 Å². The predicted molar refractivity (Wildman–Crippen MR) is 112 cm³/mol. The molecule has 0 unspecified atom stereocenters. The number of halogens is 5. The van der Waals surface area contributed by atoms with Crippen molar-refractivity contribution in [2.75, 3.05) is 0 Å². The minimum absolute atomic E-state index is 0.0377. The number of hydrogen-bond donors (Lipinski definition) is 0. The Bertz CT molecular complexity index is 1680. The number of fused-ring (bicyclic) bond motifs is 3. The first-order chi connectivity index (χ1) is 16.7. The van der Waals surface area contributed by atoms with E-state index in [9.17, 15) is 31.5 Å². The van der Waals surface area contributed by atoms with E-state index in [1.54, 1.807) is 24.3 Å². The van der Waals surface area contributed by atoms with Gasteiger partial charge in [0.15, 0.2) is 40.4 Å². The molecule has 10 heteroatoms. The van der Waals surface area contributed by atoms with Crippen LogP contribution in [0.5, 0.6) is 0 Å². The van der Waals surface area contributed by atoms with E-state index < -0.39 is 52.1 Å². The summed E-state index contributed by atoms with van der Waals surface area (Å²) in [7, 11) is 0. The van der Waals surface area contributed by atoms with E-state index in [2.05, 4.69) is 4.98 Å². The first-order valence-corrected chi connectivity index (χ1v) is 10.0. The van der Waals surface area contributed by atoms with Crippen molar-refractivity contribution in [3.63, 3.8) is 0 Å². The molecular weight excluding hydrogens is 473 g/mol. The number of rotatable bonds is 2. The number of furan rings is 1. The number of oxazole rings is 1. The second kappa shape index (κ2) is 7.20. The molecule has 0 fully saturated rings. The number of hydrogen-bond acceptors (Lipinski definition) is 5. The van der Waals surface area contributed by atoms with Crippen molar-refractivity contribution in [2.45, 2.75) is 0 Å². The lowest BCUT2D eigenvalue weighted by Crippen LogP contribution is -2.04. The fourth-order valence-corrected chi connectivity index (χ4v) is 4.01. The fourth-order valence-electron chi connectivity index (χ4n) is 4.01. The van der Waals surface area contributed by atoms with Gasteiger partial charge in [-0.05, 0) is 29.0 Å². The number of aromatic nitrogens is 1. The van der Waals surface area contributed by atoms with Crippen LogP contribution in [0, 0.1) is 29.1 Å². The monoisotopic (exact) mass is 481 g/mol. The number of ketones is 2. The van der Waals surface area contributed by atoms with E-state index >= 15 is 0 Å². The van der Waals surface area contributed by atoms with E-state index in [4.69, 9.17) is 8.83 Å². The molecule has 0 spiro atoms. The van der Waals surface area contributed by atoms with Crippen LogP contribution in [0.15, 0.2) is 56.9 Å². The van der Waals surface area contributed by atoms with E-state index in [1.807, 2.05) is 12.1 Å². The number of carbonyl (C=O) groups excluding carboxylic acids is 2. The number of carbonyl (C=O) groups is 2. The standard InChI is InChI=1S/C25H8F5NO4/c26-17-16(18(27)20(29)21(30)19(17)28)25-31-24-15(35-25)8-11(34-24)7-14-22(32)12-5-9-3-1-2-4-10(9)6-13(12)23(14)33/h1-8H. The molecule has 35 heavy (non-hydrogen) atoms. The van der Waals surface area contributed by atoms with Gasteiger partial charge in [0.05, 0.1) is 5.57 Å². The lowest BCUT2D eigenvalue weighted by molar-refractivity contribution is 0.0990. The third-order valence-corrected chi connectivity index (χ3v) is 5.68. The molecule has 5 nitrogen and oxygen atoms in total. The highest BCUT2D eigenvalue weighted by atomic mass is 19.2. The molecule has 2 aromatic heterocycles. The van der Waals surface area contributed by atoms with E-state index in [-0.39, 0.29) is 33.8 Å². The van der Waals surface area contributed by atoms with Gasteiger partial charge >= 0.3 is 0 Å². The smallest absolute Gasteiger partial charge is 0.266 e. The molecular formula is C25H8F5NO4. The molecule has 0 atom stereocenters. The molecule has 0 saturated carbocycles. The molecule has 0 saturated heterocycles. The zero-order chi connectivity index (χ0) is 24.6. The van der Waals surface area contributed by atoms with Crippen molar-refractivity contribution >= 4 is 39.7 Å². The number of benzene rings is 3. The average molecular weight is 481 g/mol. The van der Waals surface area contributed by atoms with Crippen molar-refractivity contribution in [1.82, 2.24) is 4.98 Å². The van der Waals surface area contributed by atoms with Crippen LogP contribution in [0.4, 0.5) is 22.0 Å². The van der Waals surface area contributed by atoms with Gasteiger partial charge in [-0.2, -0.15) is 4.98 Å². The second-order valence-electron chi connectivity index (χ2n) is 7.74. The van der Waals surface area contributed by atoms with Gasteiger partial charge in [0.1, 0.15) is 11.3 Å². The molecule has 172 valence electrons. The normalized spacial score (nSPS) is 13.3. The van der Waals surface area contributed by atoms with Crippen molar-refractivity contribution in [2.24, 2.45) is 0 Å². The Hall–Kier alpha value is -4.60. The van der Waals surface area contributed by atoms with Gasteiger partial charge in [-0.1, -0.05) is 24.3 Å². The number of nitrogens with zero attached hydrogens (tertiary/aromatic N) is 1. The minimum atomic E-state index is -2.31. The Morgan fingerprint density at radius 1 is 0.714 bits per heavy atom. The molecule has 0 aliphatic heterocycles. The third kappa shape index (κ3) is 2.96. The first kappa shape index (κ1) is 21.0. The zero-order valence-electron chi connectivity index (χ0n) is 17.1. The minimum Gasteiger partial charge on any atom is -0.436 e. The van der Waals surface area contributed by atoms with Gasteiger partial charge < -0.3 is 8.83 Å². The molecule has 1 aliphatic carbocycles. The Balaban J connectivity index is 1.40. The largest absolute Gasteiger partial charge is 0.436 e. The second-order valence-corrected chi connectivity index (χ2v) is 7.74. The zero-order valence-corrected chi connectivity index (χ0v) is 17.1. The van der Waals surface area contributed by atoms with Crippen molar-refractivity contribution < 1.29 is 40.4 Å². The van der Waals surface area contributed by atoms with Crippen LogP contribution in [-0.2, 0) is 0 Å². The summed E-state index contributed by atoms with van der Waals surface area (Å²) >= 11 is 0. The highest BCUT2D eigenvalue weighted by Gasteiger charge is 2.34. The molecule has 2 heterocycles. The van der Waals surface area contributed by atoms with Crippen LogP contribution >= 0.6 is 0 Å². The summed E-state index contributed by atoms with van der Waals surface area (Å²) in [5, 5.41) is 1.57. The van der Waals surface area contributed by atoms with Crippen molar-refractivity contribution in [3.8, 4) is 11.5 Å². The molecule has 0 amide bonds. The Morgan fingerprint density at radius 2 is 1.26 bits per heavy atom. The molecule has 1 aliphatic rings.